The van der Waals surface area contributed by atoms with E-state index in [4.69, 9.17) is 17.3 Å². The van der Waals surface area contributed by atoms with Gasteiger partial charge in [-0.3, -0.25) is 0 Å². The van der Waals surface area contributed by atoms with Gasteiger partial charge in [0.2, 0.25) is 0 Å². The quantitative estimate of drug-likeness (QED) is 0.820. The van der Waals surface area contributed by atoms with Gasteiger partial charge in [-0.25, -0.2) is 8.78 Å². The first-order chi connectivity index (χ1) is 8.97. The van der Waals surface area contributed by atoms with Crippen LogP contribution in [0.3, 0.4) is 0 Å². The molecular weight excluding hydrogens is 270 g/mol. The van der Waals surface area contributed by atoms with Gasteiger partial charge >= 0.3 is 0 Å². The molecular formula is C14H13ClF2N2. The smallest absolute Gasteiger partial charge is 0.143 e. The van der Waals surface area contributed by atoms with Gasteiger partial charge in [0.1, 0.15) is 11.6 Å². The highest BCUT2D eigenvalue weighted by molar-refractivity contribution is 6.31. The number of halogens is 3. The lowest BCUT2D eigenvalue weighted by Crippen LogP contribution is -2.09. The Kier molecular flexibility index (Phi) is 3.90. The molecule has 19 heavy (non-hydrogen) atoms. The molecule has 0 radical (unpaired) electrons. The van der Waals surface area contributed by atoms with E-state index in [0.29, 0.717) is 5.69 Å². The summed E-state index contributed by atoms with van der Waals surface area (Å²) < 4.78 is 26.3. The maximum absolute atomic E-state index is 13.2. The lowest BCUT2D eigenvalue weighted by molar-refractivity contribution is 0.623. The molecule has 2 aromatic carbocycles. The molecule has 100 valence electrons. The van der Waals surface area contributed by atoms with Crippen molar-refractivity contribution >= 4 is 23.0 Å². The van der Waals surface area contributed by atoms with Crippen LogP contribution in [0.1, 0.15) is 18.5 Å². The molecule has 0 heterocycles. The number of nitrogens with two attached hydrogens (primary N) is 1. The molecule has 1 unspecified atom stereocenters. The minimum absolute atomic E-state index is 0.0110. The molecule has 2 nitrogen and oxygen atoms in total. The van der Waals surface area contributed by atoms with Crippen molar-refractivity contribution in [2.75, 3.05) is 11.1 Å². The van der Waals surface area contributed by atoms with Gasteiger partial charge in [-0.2, -0.15) is 0 Å². The number of hydrogen-bond donors (Lipinski definition) is 2. The molecule has 0 aliphatic rings. The predicted octanol–water partition coefficient (Wildman–Crippen LogP) is 4.37. The molecule has 3 N–H and O–H groups in total. The summed E-state index contributed by atoms with van der Waals surface area (Å²) in [4.78, 5) is 0. The SMILES string of the molecule is CC(Nc1cc(Cl)c(F)cc1N)c1cccc(F)c1. The van der Waals surface area contributed by atoms with Crippen LogP contribution in [-0.2, 0) is 0 Å². The van der Waals surface area contributed by atoms with Crippen LogP contribution in [0, 0.1) is 11.6 Å². The summed E-state index contributed by atoms with van der Waals surface area (Å²) in [6, 6.07) is 8.62. The zero-order chi connectivity index (χ0) is 14.0. The minimum Gasteiger partial charge on any atom is -0.397 e. The third-order valence-electron chi connectivity index (χ3n) is 2.81. The van der Waals surface area contributed by atoms with Crippen molar-refractivity contribution in [2.24, 2.45) is 0 Å². The molecule has 0 aromatic heterocycles. The summed E-state index contributed by atoms with van der Waals surface area (Å²) in [5.41, 5.74) is 7.25. The van der Waals surface area contributed by atoms with E-state index >= 15 is 0 Å². The maximum atomic E-state index is 13.2. The van der Waals surface area contributed by atoms with Gasteiger partial charge in [-0.05, 0) is 30.7 Å². The van der Waals surface area contributed by atoms with Crippen LogP contribution in [0.4, 0.5) is 20.2 Å². The second-order valence-corrected chi connectivity index (χ2v) is 4.68. The second kappa shape index (κ2) is 5.45. The molecule has 5 heteroatoms. The number of nitrogen functional groups attached to an aromatic ring is 1. The third kappa shape index (κ3) is 3.15. The average Bonchev–Trinajstić information content (AvgIpc) is 2.36. The van der Waals surface area contributed by atoms with E-state index in [1.54, 1.807) is 12.1 Å². The highest BCUT2D eigenvalue weighted by Gasteiger charge is 2.10. The highest BCUT2D eigenvalue weighted by atomic mass is 35.5. The van der Waals surface area contributed by atoms with Crippen molar-refractivity contribution in [3.63, 3.8) is 0 Å². The van der Waals surface area contributed by atoms with Crippen molar-refractivity contribution in [2.45, 2.75) is 13.0 Å². The fourth-order valence-electron chi connectivity index (χ4n) is 1.78. The summed E-state index contributed by atoms with van der Waals surface area (Å²) in [7, 11) is 0. The maximum Gasteiger partial charge on any atom is 0.143 e. The van der Waals surface area contributed by atoms with Crippen LogP contribution >= 0.6 is 11.6 Å². The van der Waals surface area contributed by atoms with Gasteiger partial charge in [-0.1, -0.05) is 23.7 Å². The summed E-state index contributed by atoms with van der Waals surface area (Å²) in [5, 5.41) is 3.07. The fraction of sp³-hybridized carbons (Fsp3) is 0.143. The Morgan fingerprint density at radius 2 is 1.95 bits per heavy atom. The Labute approximate surface area is 115 Å². The van der Waals surface area contributed by atoms with Gasteiger partial charge in [0.15, 0.2) is 0 Å². The molecule has 0 bridgehead atoms. The Hall–Kier alpha value is -1.81. The highest BCUT2D eigenvalue weighted by Crippen LogP contribution is 2.29. The molecule has 0 saturated carbocycles. The van der Waals surface area contributed by atoms with E-state index in [2.05, 4.69) is 5.32 Å². The average molecular weight is 283 g/mol. The normalized spacial score (nSPS) is 12.2. The number of nitrogens with one attached hydrogen (secondary N) is 1. The molecule has 0 fully saturated rings. The number of hydrogen-bond acceptors (Lipinski definition) is 2. The molecule has 0 spiro atoms. The minimum atomic E-state index is -0.567. The predicted molar refractivity (Wildman–Crippen MR) is 74.3 cm³/mol. The van der Waals surface area contributed by atoms with Crippen molar-refractivity contribution in [3.05, 3.63) is 58.6 Å². The van der Waals surface area contributed by atoms with E-state index in [1.807, 2.05) is 6.92 Å². The van der Waals surface area contributed by atoms with E-state index in [-0.39, 0.29) is 22.6 Å². The van der Waals surface area contributed by atoms with Gasteiger partial charge in [0, 0.05) is 12.1 Å². The summed E-state index contributed by atoms with van der Waals surface area (Å²) in [6.07, 6.45) is 0. The Morgan fingerprint density at radius 1 is 1.21 bits per heavy atom. The van der Waals surface area contributed by atoms with E-state index in [0.717, 1.165) is 11.6 Å². The fourth-order valence-corrected chi connectivity index (χ4v) is 1.94. The summed E-state index contributed by atoms with van der Waals surface area (Å²) >= 11 is 5.71. The van der Waals surface area contributed by atoms with E-state index in [1.165, 1.54) is 18.2 Å². The molecule has 2 rings (SSSR count). The van der Waals surface area contributed by atoms with Crippen LogP contribution < -0.4 is 11.1 Å². The summed E-state index contributed by atoms with van der Waals surface area (Å²) in [6.45, 7) is 1.85. The topological polar surface area (TPSA) is 38.0 Å². The first kappa shape index (κ1) is 13.6. The van der Waals surface area contributed by atoms with Gasteiger partial charge in [0.25, 0.3) is 0 Å². The van der Waals surface area contributed by atoms with Crippen LogP contribution in [0.25, 0.3) is 0 Å². The molecule has 0 aliphatic heterocycles. The molecule has 2 aromatic rings. The van der Waals surface area contributed by atoms with E-state index in [9.17, 15) is 8.78 Å². The van der Waals surface area contributed by atoms with Gasteiger partial charge < -0.3 is 11.1 Å². The van der Waals surface area contributed by atoms with E-state index < -0.39 is 5.82 Å². The Morgan fingerprint density at radius 3 is 2.63 bits per heavy atom. The summed E-state index contributed by atoms with van der Waals surface area (Å²) in [5.74, 6) is -0.876. The second-order valence-electron chi connectivity index (χ2n) is 4.27. The third-order valence-corrected chi connectivity index (χ3v) is 3.10. The monoisotopic (exact) mass is 282 g/mol. The van der Waals surface area contributed by atoms with Gasteiger partial charge in [-0.15, -0.1) is 0 Å². The van der Waals surface area contributed by atoms with Crippen LogP contribution in [0.15, 0.2) is 36.4 Å². The number of rotatable bonds is 3. The first-order valence-corrected chi connectivity index (χ1v) is 6.11. The lowest BCUT2D eigenvalue weighted by Gasteiger charge is -2.17. The van der Waals surface area contributed by atoms with Crippen molar-refractivity contribution < 1.29 is 8.78 Å². The number of benzene rings is 2. The zero-order valence-corrected chi connectivity index (χ0v) is 11.0. The van der Waals surface area contributed by atoms with Crippen molar-refractivity contribution in [1.29, 1.82) is 0 Å². The molecule has 0 saturated heterocycles. The Bertz CT molecular complexity index is 602. The van der Waals surface area contributed by atoms with Gasteiger partial charge in [0.05, 0.1) is 16.4 Å². The lowest BCUT2D eigenvalue weighted by atomic mass is 10.1. The number of anilines is 2. The standard InChI is InChI=1S/C14H13ClF2N2/c1-8(9-3-2-4-10(16)5-9)19-14-6-11(15)12(17)7-13(14)18/h2-8,19H,18H2,1H3. The largest absolute Gasteiger partial charge is 0.397 e. The molecule has 1 atom stereocenters. The Balaban J connectivity index is 2.24. The van der Waals surface area contributed by atoms with Crippen LogP contribution in [0.2, 0.25) is 5.02 Å². The van der Waals surface area contributed by atoms with Crippen molar-refractivity contribution in [3.8, 4) is 0 Å². The van der Waals surface area contributed by atoms with Crippen LogP contribution in [0.5, 0.6) is 0 Å². The zero-order valence-electron chi connectivity index (χ0n) is 10.3. The molecule has 0 aliphatic carbocycles. The van der Waals surface area contributed by atoms with Crippen molar-refractivity contribution in [1.82, 2.24) is 0 Å². The van der Waals surface area contributed by atoms with Crippen LogP contribution in [-0.4, -0.2) is 0 Å². The first-order valence-electron chi connectivity index (χ1n) is 5.74. The molecule has 0 amide bonds.